The van der Waals surface area contributed by atoms with Gasteiger partial charge in [0.25, 0.3) is 0 Å². The van der Waals surface area contributed by atoms with Crippen molar-refractivity contribution in [2.24, 2.45) is 0 Å². The van der Waals surface area contributed by atoms with Crippen LogP contribution in [0.1, 0.15) is 16.7 Å². The molecule has 23 heavy (non-hydrogen) atoms. The summed E-state index contributed by atoms with van der Waals surface area (Å²) < 4.78 is 18.6. The monoisotopic (exact) mass is 315 g/mol. The number of benzene rings is 2. The Morgan fingerprint density at radius 1 is 1.26 bits per heavy atom. The fourth-order valence-electron chi connectivity index (χ4n) is 2.98. The number of nitrogens with zero attached hydrogens (tertiary/aromatic N) is 1. The lowest BCUT2D eigenvalue weighted by molar-refractivity contribution is -0.144. The van der Waals surface area contributed by atoms with Crippen LogP contribution in [-0.4, -0.2) is 29.1 Å². The van der Waals surface area contributed by atoms with Crippen LogP contribution in [0.4, 0.5) is 4.39 Å². The van der Waals surface area contributed by atoms with Gasteiger partial charge >= 0.3 is 5.97 Å². The number of hydrogen-bond acceptors (Lipinski definition) is 3. The van der Waals surface area contributed by atoms with Crippen LogP contribution >= 0.6 is 0 Å². The van der Waals surface area contributed by atoms with Gasteiger partial charge in [0.1, 0.15) is 17.6 Å². The summed E-state index contributed by atoms with van der Waals surface area (Å²) >= 11 is 0. The van der Waals surface area contributed by atoms with Crippen molar-refractivity contribution in [1.29, 1.82) is 0 Å². The van der Waals surface area contributed by atoms with E-state index in [0.717, 1.165) is 22.4 Å². The Morgan fingerprint density at radius 2 is 2.00 bits per heavy atom. The number of carboxylic acids is 1. The van der Waals surface area contributed by atoms with E-state index in [4.69, 9.17) is 4.74 Å². The van der Waals surface area contributed by atoms with Crippen molar-refractivity contribution < 1.29 is 19.0 Å². The van der Waals surface area contributed by atoms with E-state index >= 15 is 0 Å². The van der Waals surface area contributed by atoms with E-state index in [0.29, 0.717) is 19.5 Å². The molecule has 0 saturated heterocycles. The lowest BCUT2D eigenvalue weighted by atomic mass is 9.93. The van der Waals surface area contributed by atoms with Gasteiger partial charge in [-0.25, -0.2) is 4.39 Å². The molecule has 3 rings (SSSR count). The van der Waals surface area contributed by atoms with Gasteiger partial charge in [-0.15, -0.1) is 0 Å². The van der Waals surface area contributed by atoms with Gasteiger partial charge in [-0.3, -0.25) is 9.69 Å². The number of halogens is 1. The molecule has 2 aromatic carbocycles. The van der Waals surface area contributed by atoms with Gasteiger partial charge in [-0.2, -0.15) is 0 Å². The van der Waals surface area contributed by atoms with E-state index in [9.17, 15) is 14.3 Å². The second-order valence-electron chi connectivity index (χ2n) is 5.72. The Bertz CT molecular complexity index is 715. The van der Waals surface area contributed by atoms with Gasteiger partial charge in [0.15, 0.2) is 0 Å². The number of carbonyl (C=O) groups is 1. The lowest BCUT2D eigenvalue weighted by Gasteiger charge is -2.34. The van der Waals surface area contributed by atoms with Crippen LogP contribution < -0.4 is 4.74 Å². The molecule has 0 saturated carbocycles. The summed E-state index contributed by atoms with van der Waals surface area (Å²) in [7, 11) is 1.60. The van der Waals surface area contributed by atoms with Crippen molar-refractivity contribution in [3.8, 4) is 5.75 Å². The van der Waals surface area contributed by atoms with Crippen molar-refractivity contribution in [3.63, 3.8) is 0 Å². The number of rotatable bonds is 4. The van der Waals surface area contributed by atoms with E-state index in [1.165, 1.54) is 12.1 Å². The van der Waals surface area contributed by atoms with Gasteiger partial charge in [0.05, 0.1) is 7.11 Å². The summed E-state index contributed by atoms with van der Waals surface area (Å²) in [5.41, 5.74) is 2.76. The summed E-state index contributed by atoms with van der Waals surface area (Å²) in [4.78, 5) is 13.5. The van der Waals surface area contributed by atoms with Crippen LogP contribution in [0.3, 0.4) is 0 Å². The van der Waals surface area contributed by atoms with E-state index < -0.39 is 12.0 Å². The summed E-state index contributed by atoms with van der Waals surface area (Å²) in [6, 6.07) is 11.5. The van der Waals surface area contributed by atoms with Crippen LogP contribution in [-0.2, 0) is 24.3 Å². The molecule has 0 spiro atoms. The molecule has 1 aliphatic heterocycles. The maximum absolute atomic E-state index is 13.4. The van der Waals surface area contributed by atoms with Crippen LogP contribution in [0.25, 0.3) is 0 Å². The van der Waals surface area contributed by atoms with Crippen molar-refractivity contribution in [1.82, 2.24) is 4.90 Å². The molecule has 0 aliphatic carbocycles. The lowest BCUT2D eigenvalue weighted by Crippen LogP contribution is -2.45. The second kappa shape index (κ2) is 6.38. The molecule has 2 aromatic rings. The van der Waals surface area contributed by atoms with Gasteiger partial charge in [0.2, 0.25) is 0 Å². The maximum Gasteiger partial charge on any atom is 0.321 e. The standard InChI is InChI=1S/C18H18FNO3/c1-23-16-6-2-12(3-7-16)10-20-11-14-8-15(19)5-4-13(14)9-17(20)18(21)22/h2-8,17H,9-11H2,1H3,(H,21,22)/t17-/m1/s1. The number of aliphatic carboxylic acids is 1. The molecular formula is C18H18FNO3. The SMILES string of the molecule is COc1ccc(CN2Cc3cc(F)ccc3C[C@@H]2C(=O)O)cc1. The van der Waals surface area contributed by atoms with Crippen LogP contribution in [0, 0.1) is 5.82 Å². The number of fused-ring (bicyclic) bond motifs is 1. The molecule has 1 atom stereocenters. The first-order chi connectivity index (χ1) is 11.1. The number of methoxy groups -OCH3 is 1. The van der Waals surface area contributed by atoms with E-state index in [2.05, 4.69) is 0 Å². The van der Waals surface area contributed by atoms with E-state index in [1.807, 2.05) is 29.2 Å². The highest BCUT2D eigenvalue weighted by Gasteiger charge is 2.31. The molecule has 0 amide bonds. The third kappa shape index (κ3) is 3.35. The molecule has 0 fully saturated rings. The molecular weight excluding hydrogens is 297 g/mol. The smallest absolute Gasteiger partial charge is 0.321 e. The molecule has 0 bridgehead atoms. The van der Waals surface area contributed by atoms with Gasteiger partial charge in [-0.1, -0.05) is 18.2 Å². The first-order valence-electron chi connectivity index (χ1n) is 7.44. The number of carboxylic acid groups (broad SMARTS) is 1. The molecule has 120 valence electrons. The minimum absolute atomic E-state index is 0.290. The Labute approximate surface area is 134 Å². The summed E-state index contributed by atoms with van der Waals surface area (Å²) in [5, 5.41) is 9.51. The molecule has 4 nitrogen and oxygen atoms in total. The highest BCUT2D eigenvalue weighted by molar-refractivity contribution is 5.74. The summed E-state index contributed by atoms with van der Waals surface area (Å²) in [6.07, 6.45) is 0.390. The number of hydrogen-bond donors (Lipinski definition) is 1. The minimum Gasteiger partial charge on any atom is -0.497 e. The van der Waals surface area contributed by atoms with Gasteiger partial charge in [0, 0.05) is 13.1 Å². The zero-order chi connectivity index (χ0) is 16.4. The fourth-order valence-corrected chi connectivity index (χ4v) is 2.98. The van der Waals surface area contributed by atoms with Crippen LogP contribution in [0.5, 0.6) is 5.75 Å². The largest absolute Gasteiger partial charge is 0.497 e. The zero-order valence-electron chi connectivity index (χ0n) is 12.8. The average molecular weight is 315 g/mol. The Balaban J connectivity index is 1.84. The average Bonchev–Trinajstić information content (AvgIpc) is 2.54. The van der Waals surface area contributed by atoms with Crippen LogP contribution in [0.2, 0.25) is 0 Å². The molecule has 1 N–H and O–H groups in total. The Kier molecular flexibility index (Phi) is 4.30. The third-order valence-corrected chi connectivity index (χ3v) is 4.23. The molecule has 5 heteroatoms. The Hall–Kier alpha value is -2.40. The van der Waals surface area contributed by atoms with Crippen molar-refractivity contribution in [3.05, 3.63) is 65.0 Å². The molecule has 0 unspecified atom stereocenters. The highest BCUT2D eigenvalue weighted by Crippen LogP contribution is 2.26. The molecule has 1 heterocycles. The summed E-state index contributed by atoms with van der Waals surface area (Å²) in [5.74, 6) is -0.384. The number of ether oxygens (including phenoxy) is 1. The second-order valence-corrected chi connectivity index (χ2v) is 5.72. The zero-order valence-corrected chi connectivity index (χ0v) is 12.8. The first-order valence-corrected chi connectivity index (χ1v) is 7.44. The molecule has 1 aliphatic rings. The molecule has 0 radical (unpaired) electrons. The van der Waals surface area contributed by atoms with Crippen molar-refractivity contribution >= 4 is 5.97 Å². The molecule has 0 aromatic heterocycles. The quantitative estimate of drug-likeness (QED) is 0.942. The van der Waals surface area contributed by atoms with E-state index in [-0.39, 0.29) is 5.82 Å². The highest BCUT2D eigenvalue weighted by atomic mass is 19.1. The normalized spacial score (nSPS) is 17.6. The summed E-state index contributed by atoms with van der Waals surface area (Å²) in [6.45, 7) is 0.924. The van der Waals surface area contributed by atoms with Gasteiger partial charge in [-0.05, 0) is 47.4 Å². The fraction of sp³-hybridized carbons (Fsp3) is 0.278. The van der Waals surface area contributed by atoms with Crippen molar-refractivity contribution in [2.75, 3.05) is 7.11 Å². The first kappa shape index (κ1) is 15.5. The maximum atomic E-state index is 13.4. The minimum atomic E-state index is -0.853. The van der Waals surface area contributed by atoms with Crippen molar-refractivity contribution in [2.45, 2.75) is 25.6 Å². The van der Waals surface area contributed by atoms with Gasteiger partial charge < -0.3 is 9.84 Å². The predicted octanol–water partition coefficient (Wildman–Crippen LogP) is 2.85. The predicted molar refractivity (Wildman–Crippen MR) is 83.8 cm³/mol. The van der Waals surface area contributed by atoms with Crippen LogP contribution in [0.15, 0.2) is 42.5 Å². The Morgan fingerprint density at radius 3 is 2.65 bits per heavy atom. The topological polar surface area (TPSA) is 49.8 Å². The third-order valence-electron chi connectivity index (χ3n) is 4.23. The van der Waals surface area contributed by atoms with E-state index in [1.54, 1.807) is 13.2 Å².